The minimum atomic E-state index is -3.33. The van der Waals surface area contributed by atoms with Gasteiger partial charge in [-0.2, -0.15) is 0 Å². The Morgan fingerprint density at radius 3 is 1.34 bits per heavy atom. The molecule has 6 aliphatic rings. The molecule has 3 radical (unpaired) electrons. The van der Waals surface area contributed by atoms with Gasteiger partial charge in [0.25, 0.3) is 11.8 Å². The van der Waals surface area contributed by atoms with Gasteiger partial charge in [-0.3, -0.25) is 19.5 Å². The molecule has 0 atom stereocenters. The third-order valence-electron chi connectivity index (χ3n) is 16.0. The Bertz CT molecular complexity index is 3990. The van der Waals surface area contributed by atoms with Gasteiger partial charge in [0, 0.05) is 168 Å². The number of pyridine rings is 2. The van der Waals surface area contributed by atoms with Crippen molar-refractivity contribution in [3.63, 3.8) is 0 Å². The van der Waals surface area contributed by atoms with E-state index in [4.69, 9.17) is 48.8 Å². The molecule has 0 amide bonds. The van der Waals surface area contributed by atoms with E-state index in [9.17, 15) is 48.8 Å². The van der Waals surface area contributed by atoms with Crippen molar-refractivity contribution in [1.82, 2.24) is 49.9 Å². The van der Waals surface area contributed by atoms with Crippen LogP contribution in [0.15, 0.2) is 24.5 Å². The fourth-order valence-electron chi connectivity index (χ4n) is 11.3. The predicted molar refractivity (Wildman–Crippen MR) is 359 cm³/mol. The zero-order valence-corrected chi connectivity index (χ0v) is 62.4. The Labute approximate surface area is 604 Å². The number of aromatic nitrogens is 6. The molecule has 99 heavy (non-hydrogen) atoms. The summed E-state index contributed by atoms with van der Waals surface area (Å²) in [5.41, 5.74) is 7.90. The van der Waals surface area contributed by atoms with Gasteiger partial charge in [-0.1, -0.05) is 0 Å². The molecule has 12 heterocycles. The number of carbonyl (C=O) groups excluding carboxylic acids is 4. The number of piperidine rings is 2. The van der Waals surface area contributed by atoms with Gasteiger partial charge in [-0.15, -0.1) is 22.7 Å². The molecule has 0 aromatic carbocycles. The number of likely N-dealkylation sites (tertiary alicyclic amines) is 3. The van der Waals surface area contributed by atoms with Crippen molar-refractivity contribution < 1.29 is 117 Å². The number of alkyl halides is 4. The van der Waals surface area contributed by atoms with Crippen LogP contribution < -0.4 is 59.3 Å². The topological polar surface area (TPSA) is 321 Å². The van der Waals surface area contributed by atoms with E-state index in [-0.39, 0.29) is 93.5 Å². The van der Waals surface area contributed by atoms with Gasteiger partial charge >= 0.3 is 41.5 Å². The van der Waals surface area contributed by atoms with Crippen molar-refractivity contribution in [1.29, 1.82) is 0 Å². The number of aryl methyl sites for hydroxylation is 2. The van der Waals surface area contributed by atoms with E-state index in [1.54, 1.807) is 41.1 Å². The zero-order valence-electron chi connectivity index (χ0n) is 57.1. The number of fused-ring (bicyclic) bond motifs is 2. The van der Waals surface area contributed by atoms with Crippen LogP contribution in [0.5, 0.6) is 11.8 Å². The fourth-order valence-corrected chi connectivity index (χ4v) is 15.1. The molecule has 0 aliphatic carbocycles. The number of nitrogens with one attached hydrogen (secondary N) is 1. The summed E-state index contributed by atoms with van der Waals surface area (Å²) in [5.74, 6) is -5.54. The van der Waals surface area contributed by atoms with Gasteiger partial charge < -0.3 is 44.0 Å². The molecule has 0 bridgehead atoms. The van der Waals surface area contributed by atoms with Gasteiger partial charge in [0.1, 0.15) is 5.78 Å². The molecule has 0 unspecified atom stereocenters. The van der Waals surface area contributed by atoms with Crippen molar-refractivity contribution in [2.24, 2.45) is 0 Å². The Morgan fingerprint density at radius 1 is 0.646 bits per heavy atom. The summed E-state index contributed by atoms with van der Waals surface area (Å²) in [5, 5.41) is 11.3. The van der Waals surface area contributed by atoms with Crippen molar-refractivity contribution in [2.45, 2.75) is 103 Å². The van der Waals surface area contributed by atoms with Crippen LogP contribution in [0, 0.1) is 13.8 Å². The van der Waals surface area contributed by atoms with E-state index in [0.717, 1.165) is 119 Å². The number of carboxylic acid groups (broad SMARTS) is 1. The number of carboxylic acids is 1. The molecule has 6 saturated heterocycles. The van der Waals surface area contributed by atoms with Crippen LogP contribution in [0.25, 0.3) is 42.9 Å². The van der Waals surface area contributed by atoms with Crippen molar-refractivity contribution >= 4 is 107 Å². The Kier molecular flexibility index (Phi) is 30.1. The Balaban J connectivity index is 0.000000246. The van der Waals surface area contributed by atoms with Crippen LogP contribution in [0.3, 0.4) is 0 Å². The number of methoxy groups -OCH3 is 2. The molecule has 6 aromatic rings. The summed E-state index contributed by atoms with van der Waals surface area (Å²) >= 11 is 3.26. The number of halogens is 4. The van der Waals surface area contributed by atoms with Crippen LogP contribution in [-0.2, 0) is 82.7 Å². The number of hydrogen-bond acceptors (Lipinski definition) is 29. The van der Waals surface area contributed by atoms with Gasteiger partial charge in [0.2, 0.25) is 23.7 Å². The smallest absolute Gasteiger partial charge is 0.550 e. The van der Waals surface area contributed by atoms with Gasteiger partial charge in [0.15, 0.2) is 19.7 Å². The number of Topliss-reactive ketones (excluding diaryl/α,β-unsaturated/α-hetero) is 1. The Morgan fingerprint density at radius 2 is 1.02 bits per heavy atom. The number of ketones is 1. The SMILES string of the molecule is CC(=O)OOC(C)=O.CC(=O)[O-].COc1ncc(-c2nc(N3CCOCC3)nc3c(CN4CCC(=O)CC4)c(C)sc23)cc1CS(C)(=O)=O.COc1ncc(-c2nc(N3CCOCC3)nc3c(CN4CCC(N5CC(F)(F)C5)CC4)c(C)sc23)cc1CS(C)(=O)=O.FC1(F)CNC1.[B].[Na+]. The first-order valence-corrected chi connectivity index (χ1v) is 36.9. The standard InChI is InChI=1S/C28H36F2N6O4S2.C25H31N5O5S2.C4H6O4.C3H5F2N.C2H4O2.B.Na/c1-18-22(14-34-6-4-21(5-7-34)36-16-28(29,30)17-36)24-25(41-18)23(32-27(33-24)35-8-10-40-11-9-35)19-12-20(15-42(3,37)38)26(39-2)31-13-19;1-16-20(14-29-6-4-19(31)5-7-29)22-23(36-16)21(27-25(28-22)30-8-10-35-11-9-30)17-12-18(15-37(3,32)33)24(34-2)26-13-17;1-3(5)7-8-4(2)6;4-3(5)1-6-2-3;1-2(3)4;;/h12-13,21H,4-11,14-17H2,1-3H3;12-13H,4-11,14-15H2,1-3H3;1-2H3;6H,1-2H2;1H3,(H,3,4);;/q;;;;;;+1/p-1. The molecule has 6 aliphatic heterocycles. The van der Waals surface area contributed by atoms with E-state index in [1.807, 2.05) is 11.0 Å². The number of thiophene rings is 2. The molecule has 12 rings (SSSR count). The van der Waals surface area contributed by atoms with Crippen LogP contribution >= 0.6 is 22.7 Å². The summed E-state index contributed by atoms with van der Waals surface area (Å²) < 4.78 is 122. The third-order valence-corrected chi connectivity index (χ3v) is 20.0. The molecule has 535 valence electrons. The second kappa shape index (κ2) is 36.3. The number of ether oxygens (including phenoxy) is 4. The van der Waals surface area contributed by atoms with Crippen LogP contribution in [0.2, 0.25) is 0 Å². The maximum atomic E-state index is 13.4. The van der Waals surface area contributed by atoms with Crippen molar-refractivity contribution in [3.8, 4) is 34.3 Å². The summed E-state index contributed by atoms with van der Waals surface area (Å²) in [7, 11) is -3.67. The molecular formula is C62H81BF4N12NaO15S4. The number of carbonyl (C=O) groups is 4. The second-order valence-corrected chi connectivity index (χ2v) is 30.9. The summed E-state index contributed by atoms with van der Waals surface area (Å²) in [4.78, 5) is 90.1. The number of nitrogens with zero attached hydrogens (tertiary/aromatic N) is 11. The first-order chi connectivity index (χ1) is 45.8. The number of morpholine rings is 2. The van der Waals surface area contributed by atoms with Crippen LogP contribution in [-0.4, -0.2) is 243 Å². The zero-order chi connectivity index (χ0) is 70.6. The first-order valence-electron chi connectivity index (χ1n) is 31.2. The van der Waals surface area contributed by atoms with E-state index in [0.29, 0.717) is 112 Å². The molecule has 37 heteroatoms. The number of anilines is 2. The molecule has 6 fully saturated rings. The number of rotatable bonds is 15. The average molecular weight is 1470 g/mol. The number of hydrogen-bond donors (Lipinski definition) is 1. The van der Waals surface area contributed by atoms with E-state index >= 15 is 0 Å². The van der Waals surface area contributed by atoms with Crippen LogP contribution in [0.4, 0.5) is 29.5 Å². The predicted octanol–water partition coefficient (Wildman–Crippen LogP) is 1.62. The van der Waals surface area contributed by atoms with E-state index in [2.05, 4.69) is 58.5 Å². The van der Waals surface area contributed by atoms with E-state index in [1.165, 1.54) is 26.7 Å². The van der Waals surface area contributed by atoms with Crippen molar-refractivity contribution in [3.05, 3.63) is 56.5 Å². The summed E-state index contributed by atoms with van der Waals surface area (Å²) in [6.45, 7) is 16.7. The molecule has 6 aromatic heterocycles. The van der Waals surface area contributed by atoms with Crippen molar-refractivity contribution in [2.75, 3.05) is 141 Å². The van der Waals surface area contributed by atoms with Gasteiger partial charge in [0.05, 0.1) is 110 Å². The molecule has 27 nitrogen and oxygen atoms in total. The van der Waals surface area contributed by atoms with E-state index < -0.39 is 49.4 Å². The molecule has 0 spiro atoms. The second-order valence-electron chi connectivity index (χ2n) is 24.2. The Hall–Kier alpha value is -5.90. The van der Waals surface area contributed by atoms with Gasteiger partial charge in [-0.25, -0.2) is 83.7 Å². The normalized spacial score (nSPS) is 17.9. The molecule has 1 N–H and O–H groups in total. The van der Waals surface area contributed by atoms with Gasteiger partial charge in [-0.05, 0) is 58.8 Å². The molecular weight excluding hydrogens is 1390 g/mol. The average Bonchev–Trinajstić information content (AvgIpc) is 1.66. The summed E-state index contributed by atoms with van der Waals surface area (Å²) in [6.07, 6.45) is 8.65. The molecule has 0 saturated carbocycles. The maximum absolute atomic E-state index is 13.4. The summed E-state index contributed by atoms with van der Waals surface area (Å²) in [6, 6.07) is 3.82. The minimum Gasteiger partial charge on any atom is -0.550 e. The number of sulfone groups is 2. The number of aliphatic carboxylic acids is 1. The monoisotopic (exact) mass is 1470 g/mol. The third kappa shape index (κ3) is 23.8. The quantitative estimate of drug-likeness (QED) is 0.0661. The largest absolute Gasteiger partial charge is 1.00 e. The fraction of sp³-hybridized carbons (Fsp3) is 0.581. The maximum Gasteiger partial charge on any atom is 1.00 e. The first kappa shape index (κ1) is 82.1. The minimum absolute atomic E-state index is 0. The van der Waals surface area contributed by atoms with Crippen LogP contribution in [0.1, 0.15) is 78.5 Å².